The molecule has 0 spiro atoms. The summed E-state index contributed by atoms with van der Waals surface area (Å²) in [6.07, 6.45) is 4.42. The number of hydrogen-bond acceptors (Lipinski definition) is 4. The Hall–Kier alpha value is -1.10. The van der Waals surface area contributed by atoms with Gasteiger partial charge in [-0.2, -0.15) is 0 Å². The number of hydrogen-bond donors (Lipinski definition) is 2. The molecule has 1 aliphatic heterocycles. The maximum Gasteiger partial charge on any atom is 0.137 e. The third kappa shape index (κ3) is 4.95. The van der Waals surface area contributed by atoms with Gasteiger partial charge in [0.05, 0.1) is 6.10 Å². The van der Waals surface area contributed by atoms with Gasteiger partial charge in [-0.15, -0.1) is 0 Å². The smallest absolute Gasteiger partial charge is 0.137 e. The largest absolute Gasteiger partial charge is 0.490 e. The highest BCUT2D eigenvalue weighted by Crippen LogP contribution is 2.27. The van der Waals surface area contributed by atoms with E-state index < -0.39 is 11.7 Å². The van der Waals surface area contributed by atoms with E-state index in [-0.39, 0.29) is 6.61 Å². The van der Waals surface area contributed by atoms with Crippen LogP contribution < -0.4 is 4.74 Å². The van der Waals surface area contributed by atoms with Crippen molar-refractivity contribution in [2.75, 3.05) is 19.7 Å². The van der Waals surface area contributed by atoms with E-state index >= 15 is 0 Å². The fraction of sp³-hybridized carbons (Fsp3) is 0.700. The molecule has 1 fully saturated rings. The van der Waals surface area contributed by atoms with Gasteiger partial charge in [0, 0.05) is 19.1 Å². The van der Waals surface area contributed by atoms with Crippen molar-refractivity contribution in [1.29, 1.82) is 0 Å². The van der Waals surface area contributed by atoms with Crippen LogP contribution in [0.25, 0.3) is 0 Å². The van der Waals surface area contributed by atoms with Crippen molar-refractivity contribution in [3.63, 3.8) is 0 Å². The van der Waals surface area contributed by atoms with Gasteiger partial charge in [0.2, 0.25) is 0 Å². The quantitative estimate of drug-likeness (QED) is 0.766. The van der Waals surface area contributed by atoms with Crippen LogP contribution in [0.1, 0.15) is 51.5 Å². The number of ether oxygens (including phenoxy) is 1. The Morgan fingerprint density at radius 1 is 1.21 bits per heavy atom. The highest BCUT2D eigenvalue weighted by atomic mass is 16.5. The fourth-order valence-electron chi connectivity index (χ4n) is 3.57. The Morgan fingerprint density at radius 2 is 1.83 bits per heavy atom. The second-order valence-electron chi connectivity index (χ2n) is 7.21. The number of aliphatic hydroxyl groups is 2. The Morgan fingerprint density at radius 3 is 2.42 bits per heavy atom. The summed E-state index contributed by atoms with van der Waals surface area (Å²) >= 11 is 0. The van der Waals surface area contributed by atoms with Gasteiger partial charge >= 0.3 is 0 Å². The molecule has 0 amide bonds. The Bertz CT molecular complexity index is 484. The maximum absolute atomic E-state index is 11.0. The molecule has 0 aromatic heterocycles. The molecule has 0 radical (unpaired) electrons. The van der Waals surface area contributed by atoms with E-state index in [0.717, 1.165) is 38.0 Å². The van der Waals surface area contributed by atoms with E-state index in [2.05, 4.69) is 18.7 Å². The van der Waals surface area contributed by atoms with Gasteiger partial charge < -0.3 is 14.9 Å². The molecule has 1 aliphatic rings. The zero-order valence-corrected chi connectivity index (χ0v) is 15.4. The molecule has 0 unspecified atom stereocenters. The van der Waals surface area contributed by atoms with Gasteiger partial charge in [-0.1, -0.05) is 44.4 Å². The highest BCUT2D eigenvalue weighted by molar-refractivity contribution is 5.26. The third-order valence-corrected chi connectivity index (χ3v) is 5.06. The summed E-state index contributed by atoms with van der Waals surface area (Å²) in [4.78, 5) is 2.35. The molecule has 1 aromatic carbocycles. The highest BCUT2D eigenvalue weighted by Gasteiger charge is 2.43. The van der Waals surface area contributed by atoms with Crippen LogP contribution in [0.4, 0.5) is 0 Å². The van der Waals surface area contributed by atoms with Crippen LogP contribution >= 0.6 is 0 Å². The minimum absolute atomic E-state index is 0.124. The number of nitrogens with zero attached hydrogens (tertiary/aromatic N) is 1. The van der Waals surface area contributed by atoms with E-state index in [1.807, 2.05) is 31.2 Å². The number of rotatable bonds is 8. The first-order valence-electron chi connectivity index (χ1n) is 9.32. The lowest BCUT2D eigenvalue weighted by Gasteiger charge is -2.45. The molecule has 4 heteroatoms. The number of likely N-dealkylation sites (tertiary alicyclic amines) is 1. The number of aryl methyl sites for hydroxylation is 1. The van der Waals surface area contributed by atoms with Crippen molar-refractivity contribution in [2.45, 2.75) is 70.6 Å². The lowest BCUT2D eigenvalue weighted by Crippen LogP contribution is -2.61. The number of β-amino-alcohol motifs (C(OH)–C–C–N with tert-alkyl or cyclic N) is 1. The van der Waals surface area contributed by atoms with Crippen LogP contribution in [-0.4, -0.2) is 52.6 Å². The molecule has 0 bridgehead atoms. The molecule has 1 heterocycles. The van der Waals surface area contributed by atoms with E-state index in [0.29, 0.717) is 19.0 Å². The van der Waals surface area contributed by atoms with E-state index in [4.69, 9.17) is 4.74 Å². The van der Waals surface area contributed by atoms with Crippen LogP contribution in [0.3, 0.4) is 0 Å². The summed E-state index contributed by atoms with van der Waals surface area (Å²) in [5, 5.41) is 21.3. The molecule has 0 aliphatic carbocycles. The van der Waals surface area contributed by atoms with Crippen LogP contribution in [0, 0.1) is 6.92 Å². The Kier molecular flexibility index (Phi) is 7.08. The predicted octanol–water partition coefficient (Wildman–Crippen LogP) is 3.14. The standard InChI is InChI=1S/C20H33NO3/c1-4-6-17(7-5-2)21-13-12-19(22)20(23,14-21)15-24-18-10-8-16(3)9-11-18/h8-11,17,19,22-23H,4-7,12-15H2,1-3H3/t19-,20-/m0/s1. The molecule has 24 heavy (non-hydrogen) atoms. The van der Waals surface area contributed by atoms with E-state index in [1.54, 1.807) is 0 Å². The molecule has 4 nitrogen and oxygen atoms in total. The number of benzene rings is 1. The van der Waals surface area contributed by atoms with Gasteiger partial charge in [0.15, 0.2) is 0 Å². The average molecular weight is 335 g/mol. The zero-order chi connectivity index (χ0) is 17.6. The summed E-state index contributed by atoms with van der Waals surface area (Å²) < 4.78 is 5.79. The van der Waals surface area contributed by atoms with Crippen molar-refractivity contribution >= 4 is 0 Å². The zero-order valence-electron chi connectivity index (χ0n) is 15.4. The Balaban J connectivity index is 2.00. The monoisotopic (exact) mass is 335 g/mol. The van der Waals surface area contributed by atoms with Crippen molar-refractivity contribution in [2.24, 2.45) is 0 Å². The first-order chi connectivity index (χ1) is 11.5. The van der Waals surface area contributed by atoms with Gasteiger partial charge in [-0.25, -0.2) is 0 Å². The van der Waals surface area contributed by atoms with Crippen LogP contribution in [0.15, 0.2) is 24.3 Å². The summed E-state index contributed by atoms with van der Waals surface area (Å²) in [5.41, 5.74) is -0.0324. The van der Waals surface area contributed by atoms with Crippen molar-refractivity contribution in [3.05, 3.63) is 29.8 Å². The molecule has 136 valence electrons. The molecule has 2 rings (SSSR count). The topological polar surface area (TPSA) is 52.9 Å². The molecule has 1 aromatic rings. The van der Waals surface area contributed by atoms with Crippen LogP contribution in [-0.2, 0) is 0 Å². The van der Waals surface area contributed by atoms with Gasteiger partial charge in [0.1, 0.15) is 18.0 Å². The molecule has 1 saturated heterocycles. The molecule has 0 saturated carbocycles. The average Bonchev–Trinajstić information content (AvgIpc) is 2.57. The minimum atomic E-state index is -1.21. The fourth-order valence-corrected chi connectivity index (χ4v) is 3.57. The van der Waals surface area contributed by atoms with E-state index in [9.17, 15) is 10.2 Å². The lowest BCUT2D eigenvalue weighted by molar-refractivity contribution is -0.146. The summed E-state index contributed by atoms with van der Waals surface area (Å²) in [7, 11) is 0. The molecular weight excluding hydrogens is 302 g/mol. The SMILES string of the molecule is CCCC(CCC)N1CC[C@H](O)[C@@](O)(COc2ccc(C)cc2)C1. The Labute approximate surface area is 146 Å². The summed E-state index contributed by atoms with van der Waals surface area (Å²) in [6, 6.07) is 8.27. The lowest BCUT2D eigenvalue weighted by atomic mass is 9.88. The molecule has 2 N–H and O–H groups in total. The van der Waals surface area contributed by atoms with Gasteiger partial charge in [-0.3, -0.25) is 4.90 Å². The minimum Gasteiger partial charge on any atom is -0.490 e. The third-order valence-electron chi connectivity index (χ3n) is 5.06. The summed E-state index contributed by atoms with van der Waals surface area (Å²) in [6.45, 7) is 7.88. The predicted molar refractivity (Wildman–Crippen MR) is 97.4 cm³/mol. The summed E-state index contributed by atoms with van der Waals surface area (Å²) in [5.74, 6) is 0.733. The van der Waals surface area contributed by atoms with E-state index in [1.165, 1.54) is 5.56 Å². The maximum atomic E-state index is 11.0. The normalized spacial score (nSPS) is 25.2. The number of piperidine rings is 1. The van der Waals surface area contributed by atoms with Crippen LogP contribution in [0.5, 0.6) is 5.75 Å². The van der Waals surface area contributed by atoms with Gasteiger partial charge in [0.25, 0.3) is 0 Å². The van der Waals surface area contributed by atoms with Crippen molar-refractivity contribution in [1.82, 2.24) is 4.90 Å². The first-order valence-corrected chi connectivity index (χ1v) is 9.32. The first kappa shape index (κ1) is 19.2. The molecular formula is C20H33NO3. The van der Waals surface area contributed by atoms with Crippen molar-refractivity contribution in [3.8, 4) is 5.75 Å². The van der Waals surface area contributed by atoms with Crippen molar-refractivity contribution < 1.29 is 14.9 Å². The second kappa shape index (κ2) is 8.84. The van der Waals surface area contributed by atoms with Gasteiger partial charge in [-0.05, 0) is 38.3 Å². The van der Waals surface area contributed by atoms with Crippen LogP contribution in [0.2, 0.25) is 0 Å². The number of aliphatic hydroxyl groups excluding tert-OH is 1. The second-order valence-corrected chi connectivity index (χ2v) is 7.21. The molecule has 2 atom stereocenters.